The normalized spacial score (nSPS) is 11.8. The Kier molecular flexibility index (Phi) is 2.15. The molecule has 1 aromatic rings. The van der Waals surface area contributed by atoms with E-state index in [0.29, 0.717) is 0 Å². The van der Waals surface area contributed by atoms with E-state index in [0.717, 1.165) is 6.07 Å². The molecule has 0 bridgehead atoms. The predicted molar refractivity (Wildman–Crippen MR) is 41.6 cm³/mol. The molecule has 0 amide bonds. The molecule has 0 aliphatic heterocycles. The Hall–Kier alpha value is -0.960. The van der Waals surface area contributed by atoms with Gasteiger partial charge in [-0.3, -0.25) is 0 Å². The first kappa shape index (κ1) is 9.13. The minimum atomic E-state index is -1.34. The summed E-state index contributed by atoms with van der Waals surface area (Å²) in [5, 5.41) is 9.39. The quantitative estimate of drug-likeness (QED) is 0.688. The minimum absolute atomic E-state index is 0.0255. The molecule has 66 valence electrons. The lowest BCUT2D eigenvalue weighted by molar-refractivity contribution is 0.0737. The van der Waals surface area contributed by atoms with Crippen LogP contribution in [0, 0.1) is 11.6 Å². The molecule has 0 aliphatic rings. The van der Waals surface area contributed by atoms with Crippen LogP contribution in [-0.2, 0) is 5.60 Å². The monoisotopic (exact) mass is 172 g/mol. The van der Waals surface area contributed by atoms with Crippen molar-refractivity contribution < 1.29 is 13.9 Å². The summed E-state index contributed by atoms with van der Waals surface area (Å²) >= 11 is 0. The molecule has 0 saturated heterocycles. The summed E-state index contributed by atoms with van der Waals surface area (Å²) in [7, 11) is 0. The molecule has 1 aromatic carbocycles. The van der Waals surface area contributed by atoms with Crippen LogP contribution in [0.25, 0.3) is 0 Å². The first-order valence-corrected chi connectivity index (χ1v) is 3.60. The van der Waals surface area contributed by atoms with Gasteiger partial charge >= 0.3 is 0 Å². The maximum atomic E-state index is 13.0. The number of rotatable bonds is 1. The van der Waals surface area contributed by atoms with E-state index < -0.39 is 17.2 Å². The number of hydrogen-bond acceptors (Lipinski definition) is 1. The van der Waals surface area contributed by atoms with Crippen LogP contribution in [0.1, 0.15) is 19.4 Å². The lowest BCUT2D eigenvalue weighted by Crippen LogP contribution is -2.18. The fourth-order valence-corrected chi connectivity index (χ4v) is 0.976. The average molecular weight is 172 g/mol. The Balaban J connectivity index is 3.26. The molecule has 0 spiro atoms. The molecule has 1 N–H and O–H groups in total. The van der Waals surface area contributed by atoms with Gasteiger partial charge in [0.1, 0.15) is 0 Å². The van der Waals surface area contributed by atoms with E-state index in [9.17, 15) is 13.9 Å². The van der Waals surface area contributed by atoms with Gasteiger partial charge in [-0.25, -0.2) is 8.78 Å². The molecule has 0 saturated carbocycles. The van der Waals surface area contributed by atoms with Gasteiger partial charge in [0.2, 0.25) is 0 Å². The van der Waals surface area contributed by atoms with Crippen LogP contribution in [0.2, 0.25) is 0 Å². The Bertz CT molecular complexity index is 289. The van der Waals surface area contributed by atoms with Crippen molar-refractivity contribution >= 4 is 0 Å². The zero-order valence-corrected chi connectivity index (χ0v) is 6.94. The molecule has 0 aromatic heterocycles. The van der Waals surface area contributed by atoms with Crippen LogP contribution in [0.4, 0.5) is 8.78 Å². The first-order chi connectivity index (χ1) is 5.43. The van der Waals surface area contributed by atoms with E-state index in [1.165, 1.54) is 26.0 Å². The highest BCUT2D eigenvalue weighted by molar-refractivity contribution is 5.23. The van der Waals surface area contributed by atoms with Crippen LogP contribution in [0.3, 0.4) is 0 Å². The fourth-order valence-electron chi connectivity index (χ4n) is 0.976. The third kappa shape index (κ3) is 1.61. The molecule has 0 radical (unpaired) electrons. The molecule has 0 fully saturated rings. The second-order valence-corrected chi connectivity index (χ2v) is 3.16. The van der Waals surface area contributed by atoms with Crippen molar-refractivity contribution in [3.63, 3.8) is 0 Å². The largest absolute Gasteiger partial charge is 0.386 e. The first-order valence-electron chi connectivity index (χ1n) is 3.60. The number of halogens is 2. The van der Waals surface area contributed by atoms with Gasteiger partial charge in [-0.05, 0) is 19.9 Å². The van der Waals surface area contributed by atoms with Gasteiger partial charge in [0.05, 0.1) is 5.60 Å². The van der Waals surface area contributed by atoms with Crippen molar-refractivity contribution in [3.05, 3.63) is 35.4 Å². The Morgan fingerprint density at radius 1 is 1.25 bits per heavy atom. The summed E-state index contributed by atoms with van der Waals surface area (Å²) in [5.41, 5.74) is -1.37. The lowest BCUT2D eigenvalue weighted by Gasteiger charge is -2.18. The minimum Gasteiger partial charge on any atom is -0.386 e. The van der Waals surface area contributed by atoms with Gasteiger partial charge in [-0.15, -0.1) is 0 Å². The average Bonchev–Trinajstić information content (AvgIpc) is 1.92. The third-order valence-corrected chi connectivity index (χ3v) is 1.61. The number of hydrogen-bond donors (Lipinski definition) is 1. The van der Waals surface area contributed by atoms with Crippen LogP contribution in [-0.4, -0.2) is 5.11 Å². The van der Waals surface area contributed by atoms with Gasteiger partial charge in [0, 0.05) is 5.56 Å². The van der Waals surface area contributed by atoms with E-state index in [1.807, 2.05) is 0 Å². The third-order valence-electron chi connectivity index (χ3n) is 1.61. The molecule has 0 atom stereocenters. The smallest absolute Gasteiger partial charge is 0.164 e. The lowest BCUT2D eigenvalue weighted by atomic mass is 9.98. The highest BCUT2D eigenvalue weighted by Gasteiger charge is 2.21. The molecule has 3 heteroatoms. The zero-order valence-electron chi connectivity index (χ0n) is 6.94. The maximum Gasteiger partial charge on any atom is 0.164 e. The molecule has 0 unspecified atom stereocenters. The van der Waals surface area contributed by atoms with Crippen molar-refractivity contribution in [1.82, 2.24) is 0 Å². The van der Waals surface area contributed by atoms with Gasteiger partial charge in [-0.1, -0.05) is 12.1 Å². The summed E-state index contributed by atoms with van der Waals surface area (Å²) in [6.45, 7) is 2.82. The van der Waals surface area contributed by atoms with Crippen molar-refractivity contribution in [2.45, 2.75) is 19.4 Å². The molecule has 0 aliphatic carbocycles. The highest BCUT2D eigenvalue weighted by Crippen LogP contribution is 2.23. The maximum absolute atomic E-state index is 13.0. The van der Waals surface area contributed by atoms with Crippen LogP contribution >= 0.6 is 0 Å². The number of aliphatic hydroxyl groups is 1. The number of benzene rings is 1. The summed E-state index contributed by atoms with van der Waals surface area (Å²) in [6.07, 6.45) is 0. The van der Waals surface area contributed by atoms with Crippen molar-refractivity contribution in [1.29, 1.82) is 0 Å². The SMILES string of the molecule is CC(C)(O)c1cccc(F)c1F. The summed E-state index contributed by atoms with van der Waals surface area (Å²) in [4.78, 5) is 0. The highest BCUT2D eigenvalue weighted by atomic mass is 19.2. The summed E-state index contributed by atoms with van der Waals surface area (Å²) in [6, 6.07) is 3.74. The topological polar surface area (TPSA) is 20.2 Å². The molecular formula is C9H10F2O. The molecule has 12 heavy (non-hydrogen) atoms. The second-order valence-electron chi connectivity index (χ2n) is 3.16. The Morgan fingerprint density at radius 2 is 1.83 bits per heavy atom. The predicted octanol–water partition coefficient (Wildman–Crippen LogP) is 2.19. The fraction of sp³-hybridized carbons (Fsp3) is 0.333. The Morgan fingerprint density at radius 3 is 2.25 bits per heavy atom. The summed E-state index contributed by atoms with van der Waals surface area (Å²) < 4.78 is 25.6. The van der Waals surface area contributed by atoms with E-state index in [4.69, 9.17) is 0 Å². The van der Waals surface area contributed by atoms with E-state index in [-0.39, 0.29) is 5.56 Å². The Labute approximate surface area is 69.7 Å². The van der Waals surface area contributed by atoms with E-state index in [2.05, 4.69) is 0 Å². The zero-order chi connectivity index (χ0) is 9.35. The van der Waals surface area contributed by atoms with Gasteiger partial charge in [-0.2, -0.15) is 0 Å². The van der Waals surface area contributed by atoms with E-state index in [1.54, 1.807) is 0 Å². The standard InChI is InChI=1S/C9H10F2O/c1-9(2,12)6-4-3-5-7(10)8(6)11/h3-5,12H,1-2H3. The molecule has 0 heterocycles. The van der Waals surface area contributed by atoms with Gasteiger partial charge in [0.25, 0.3) is 0 Å². The van der Waals surface area contributed by atoms with Crippen LogP contribution in [0.5, 0.6) is 0 Å². The van der Waals surface area contributed by atoms with Gasteiger partial charge in [0.15, 0.2) is 11.6 Å². The van der Waals surface area contributed by atoms with Crippen LogP contribution < -0.4 is 0 Å². The van der Waals surface area contributed by atoms with Crippen molar-refractivity contribution in [2.75, 3.05) is 0 Å². The molecule has 1 nitrogen and oxygen atoms in total. The van der Waals surface area contributed by atoms with Crippen molar-refractivity contribution in [2.24, 2.45) is 0 Å². The molecule has 1 rings (SSSR count). The molecular weight excluding hydrogens is 162 g/mol. The van der Waals surface area contributed by atoms with Crippen LogP contribution in [0.15, 0.2) is 18.2 Å². The van der Waals surface area contributed by atoms with E-state index >= 15 is 0 Å². The second kappa shape index (κ2) is 2.83. The van der Waals surface area contributed by atoms with Crippen molar-refractivity contribution in [3.8, 4) is 0 Å². The van der Waals surface area contributed by atoms with Gasteiger partial charge < -0.3 is 5.11 Å². The summed E-state index contributed by atoms with van der Waals surface area (Å²) in [5.74, 6) is -1.92.